The summed E-state index contributed by atoms with van der Waals surface area (Å²) < 4.78 is 11.0. The minimum atomic E-state index is -0.0546. The van der Waals surface area contributed by atoms with E-state index in [-0.39, 0.29) is 11.5 Å². The van der Waals surface area contributed by atoms with Crippen molar-refractivity contribution in [2.24, 2.45) is 5.92 Å². The van der Waals surface area contributed by atoms with Gasteiger partial charge in [-0.3, -0.25) is 0 Å². The van der Waals surface area contributed by atoms with Crippen LogP contribution in [0, 0.1) is 5.92 Å². The van der Waals surface area contributed by atoms with Gasteiger partial charge in [0.1, 0.15) is 6.10 Å². The van der Waals surface area contributed by atoms with Gasteiger partial charge in [-0.2, -0.15) is 4.98 Å². The number of methoxy groups -OCH3 is 1. The van der Waals surface area contributed by atoms with Crippen molar-refractivity contribution in [2.45, 2.75) is 51.6 Å². The SMILES string of the molecule is CCCC(OC)c1noc(C2(C(C)C)CCNC2)n1. The van der Waals surface area contributed by atoms with E-state index in [2.05, 4.69) is 36.2 Å². The zero-order valence-electron chi connectivity index (χ0n) is 12.4. The number of hydrogen-bond acceptors (Lipinski definition) is 5. The second-order valence-electron chi connectivity index (χ2n) is 5.71. The minimum absolute atomic E-state index is 0.0181. The summed E-state index contributed by atoms with van der Waals surface area (Å²) in [5.74, 6) is 1.93. The lowest BCUT2D eigenvalue weighted by Gasteiger charge is -2.28. The lowest BCUT2D eigenvalue weighted by atomic mass is 9.76. The summed E-state index contributed by atoms with van der Waals surface area (Å²) in [4.78, 5) is 4.63. The summed E-state index contributed by atoms with van der Waals surface area (Å²) in [6.45, 7) is 8.49. The Labute approximate surface area is 115 Å². The van der Waals surface area contributed by atoms with Crippen molar-refractivity contribution in [3.63, 3.8) is 0 Å². The highest BCUT2D eigenvalue weighted by atomic mass is 16.5. The molecule has 2 rings (SSSR count). The monoisotopic (exact) mass is 267 g/mol. The molecular weight excluding hydrogens is 242 g/mol. The van der Waals surface area contributed by atoms with Gasteiger partial charge in [-0.15, -0.1) is 0 Å². The van der Waals surface area contributed by atoms with Gasteiger partial charge in [0.05, 0.1) is 5.41 Å². The largest absolute Gasteiger partial charge is 0.373 e. The van der Waals surface area contributed by atoms with Crippen LogP contribution in [0.3, 0.4) is 0 Å². The zero-order valence-corrected chi connectivity index (χ0v) is 12.4. The lowest BCUT2D eigenvalue weighted by molar-refractivity contribution is 0.0854. The van der Waals surface area contributed by atoms with Crippen LogP contribution in [0.4, 0.5) is 0 Å². The molecule has 1 aromatic rings. The average Bonchev–Trinajstić information content (AvgIpc) is 3.04. The Bertz CT molecular complexity index is 397. The first-order valence-corrected chi connectivity index (χ1v) is 7.21. The zero-order chi connectivity index (χ0) is 13.9. The lowest BCUT2D eigenvalue weighted by Crippen LogP contribution is -2.35. The third kappa shape index (κ3) is 2.67. The van der Waals surface area contributed by atoms with Crippen LogP contribution in [-0.2, 0) is 10.2 Å². The molecule has 2 unspecified atom stereocenters. The van der Waals surface area contributed by atoms with Crippen LogP contribution in [-0.4, -0.2) is 30.3 Å². The number of nitrogens with zero attached hydrogens (tertiary/aromatic N) is 2. The molecule has 19 heavy (non-hydrogen) atoms. The van der Waals surface area contributed by atoms with E-state index in [9.17, 15) is 0 Å². The maximum atomic E-state index is 5.56. The molecule has 0 aromatic carbocycles. The molecule has 5 nitrogen and oxygen atoms in total. The Morgan fingerprint density at radius 1 is 1.47 bits per heavy atom. The van der Waals surface area contributed by atoms with Crippen molar-refractivity contribution < 1.29 is 9.26 Å². The van der Waals surface area contributed by atoms with Crippen LogP contribution in [0.15, 0.2) is 4.52 Å². The molecule has 0 saturated carbocycles. The molecule has 0 spiro atoms. The van der Waals surface area contributed by atoms with Gasteiger partial charge >= 0.3 is 0 Å². The second-order valence-corrected chi connectivity index (χ2v) is 5.71. The fourth-order valence-electron chi connectivity index (χ4n) is 2.82. The Kier molecular flexibility index (Phi) is 4.58. The third-order valence-electron chi connectivity index (χ3n) is 4.28. The molecule has 1 fully saturated rings. The number of ether oxygens (including phenoxy) is 1. The summed E-state index contributed by atoms with van der Waals surface area (Å²) in [5, 5.41) is 7.55. The molecule has 108 valence electrons. The Morgan fingerprint density at radius 2 is 2.26 bits per heavy atom. The predicted molar refractivity (Wildman–Crippen MR) is 73.0 cm³/mol. The van der Waals surface area contributed by atoms with Gasteiger partial charge in [-0.25, -0.2) is 0 Å². The highest BCUT2D eigenvalue weighted by molar-refractivity contribution is 5.12. The van der Waals surface area contributed by atoms with E-state index in [0.29, 0.717) is 11.7 Å². The summed E-state index contributed by atoms with van der Waals surface area (Å²) in [6, 6.07) is 0. The first-order chi connectivity index (χ1) is 9.14. The smallest absolute Gasteiger partial charge is 0.234 e. The molecule has 2 atom stereocenters. The van der Waals surface area contributed by atoms with Crippen LogP contribution >= 0.6 is 0 Å². The molecule has 2 heterocycles. The van der Waals surface area contributed by atoms with Crippen LogP contribution in [0.1, 0.15) is 57.9 Å². The minimum Gasteiger partial charge on any atom is -0.373 e. The fourth-order valence-corrected chi connectivity index (χ4v) is 2.82. The van der Waals surface area contributed by atoms with Crippen molar-refractivity contribution in [3.8, 4) is 0 Å². The summed E-state index contributed by atoms with van der Waals surface area (Å²) in [7, 11) is 1.70. The fraction of sp³-hybridized carbons (Fsp3) is 0.857. The average molecular weight is 267 g/mol. The maximum Gasteiger partial charge on any atom is 0.234 e. The molecule has 0 aliphatic carbocycles. The first-order valence-electron chi connectivity index (χ1n) is 7.21. The molecule has 1 aliphatic heterocycles. The Morgan fingerprint density at radius 3 is 2.79 bits per heavy atom. The normalized spacial score (nSPS) is 25.1. The van der Waals surface area contributed by atoms with Crippen LogP contribution in [0.25, 0.3) is 0 Å². The standard InChI is InChI=1S/C14H25N3O2/c1-5-6-11(18-4)12-16-13(19-17-12)14(10(2)3)7-8-15-9-14/h10-11,15H,5-9H2,1-4H3. The molecule has 5 heteroatoms. The van der Waals surface area contributed by atoms with Crippen molar-refractivity contribution >= 4 is 0 Å². The third-order valence-corrected chi connectivity index (χ3v) is 4.28. The van der Waals surface area contributed by atoms with Gasteiger partial charge in [-0.05, 0) is 25.3 Å². The molecule has 1 N–H and O–H groups in total. The van der Waals surface area contributed by atoms with E-state index in [1.165, 1.54) is 0 Å². The van der Waals surface area contributed by atoms with Gasteiger partial charge in [0.2, 0.25) is 11.7 Å². The quantitative estimate of drug-likeness (QED) is 0.858. The van der Waals surface area contributed by atoms with E-state index in [0.717, 1.165) is 38.2 Å². The van der Waals surface area contributed by atoms with Gasteiger partial charge in [0, 0.05) is 13.7 Å². The molecule has 0 radical (unpaired) electrons. The number of nitrogens with one attached hydrogen (secondary N) is 1. The molecule has 1 aliphatic rings. The van der Waals surface area contributed by atoms with Crippen molar-refractivity contribution in [1.82, 2.24) is 15.5 Å². The highest BCUT2D eigenvalue weighted by Crippen LogP contribution is 2.37. The van der Waals surface area contributed by atoms with Gasteiger partial charge in [0.25, 0.3) is 0 Å². The Hall–Kier alpha value is -0.940. The van der Waals surface area contributed by atoms with E-state index >= 15 is 0 Å². The van der Waals surface area contributed by atoms with Crippen molar-refractivity contribution in [1.29, 1.82) is 0 Å². The molecule has 0 amide bonds. The van der Waals surface area contributed by atoms with E-state index in [4.69, 9.17) is 9.26 Å². The number of hydrogen-bond donors (Lipinski definition) is 1. The predicted octanol–water partition coefficient (Wildman–Crippen LogP) is 2.44. The van der Waals surface area contributed by atoms with E-state index in [1.54, 1.807) is 7.11 Å². The van der Waals surface area contributed by atoms with Crippen molar-refractivity contribution in [3.05, 3.63) is 11.7 Å². The van der Waals surface area contributed by atoms with Gasteiger partial charge in [0.15, 0.2) is 0 Å². The van der Waals surface area contributed by atoms with E-state index < -0.39 is 0 Å². The van der Waals surface area contributed by atoms with Gasteiger partial charge in [-0.1, -0.05) is 32.3 Å². The molecule has 1 aromatic heterocycles. The van der Waals surface area contributed by atoms with Gasteiger partial charge < -0.3 is 14.6 Å². The summed E-state index contributed by atoms with van der Waals surface area (Å²) in [5.41, 5.74) is -0.0181. The van der Waals surface area contributed by atoms with Crippen LogP contribution < -0.4 is 5.32 Å². The molecule has 0 bridgehead atoms. The van der Waals surface area contributed by atoms with Crippen molar-refractivity contribution in [2.75, 3.05) is 20.2 Å². The number of rotatable bonds is 6. The molecular formula is C14H25N3O2. The maximum absolute atomic E-state index is 5.56. The van der Waals surface area contributed by atoms with E-state index in [1.807, 2.05) is 0 Å². The van der Waals surface area contributed by atoms with Crippen LogP contribution in [0.2, 0.25) is 0 Å². The first kappa shape index (κ1) is 14.5. The van der Waals surface area contributed by atoms with Crippen LogP contribution in [0.5, 0.6) is 0 Å². The highest BCUT2D eigenvalue weighted by Gasteiger charge is 2.43. The summed E-state index contributed by atoms with van der Waals surface area (Å²) in [6.07, 6.45) is 2.96. The Balaban J connectivity index is 2.24. The second kappa shape index (κ2) is 6.01. The number of aromatic nitrogens is 2. The summed E-state index contributed by atoms with van der Waals surface area (Å²) >= 11 is 0. The molecule has 1 saturated heterocycles. The topological polar surface area (TPSA) is 60.2 Å².